The number of rotatable bonds is 3. The molecule has 4 aromatic heterocycles. The number of halogens is 1. The number of hydrogen-bond donors (Lipinski definition) is 2. The van der Waals surface area contributed by atoms with Crippen LogP contribution in [-0.2, 0) is 4.74 Å². The molecule has 1 aliphatic carbocycles. The molecule has 148 valence electrons. The van der Waals surface area contributed by atoms with Crippen LogP contribution in [0.25, 0.3) is 27.8 Å². The van der Waals surface area contributed by atoms with Crippen LogP contribution in [-0.4, -0.2) is 43.6 Å². The average molecular weight is 392 g/mol. The molecule has 0 aromatic carbocycles. The van der Waals surface area contributed by atoms with Crippen LogP contribution >= 0.6 is 0 Å². The summed E-state index contributed by atoms with van der Waals surface area (Å²) >= 11 is 0. The molecule has 2 N–H and O–H groups in total. The molecule has 0 amide bonds. The molecule has 0 radical (unpaired) electrons. The van der Waals surface area contributed by atoms with Crippen molar-refractivity contribution in [2.75, 3.05) is 18.5 Å². The molecule has 1 saturated heterocycles. The number of pyridine rings is 1. The number of hydrogen-bond acceptors (Lipinski definition) is 5. The first kappa shape index (κ1) is 16.9. The van der Waals surface area contributed by atoms with Crippen LogP contribution in [0.3, 0.4) is 0 Å². The molecule has 1 saturated carbocycles. The summed E-state index contributed by atoms with van der Waals surface area (Å²) in [4.78, 5) is 16.4. The summed E-state index contributed by atoms with van der Waals surface area (Å²) in [6.07, 6.45) is 13.5. The van der Waals surface area contributed by atoms with Gasteiger partial charge in [0.1, 0.15) is 5.65 Å². The molecule has 0 atom stereocenters. The maximum Gasteiger partial charge on any atom is 0.224 e. The monoisotopic (exact) mass is 392 g/mol. The maximum absolute atomic E-state index is 14.3. The van der Waals surface area contributed by atoms with E-state index in [2.05, 4.69) is 25.3 Å². The highest BCUT2D eigenvalue weighted by Gasteiger charge is 2.41. The topological polar surface area (TPSA) is 80.1 Å². The van der Waals surface area contributed by atoms with Crippen molar-refractivity contribution in [3.63, 3.8) is 0 Å². The Hall–Kier alpha value is -3.00. The highest BCUT2D eigenvalue weighted by atomic mass is 19.1. The smallest absolute Gasteiger partial charge is 0.224 e. The number of nitrogens with one attached hydrogen (secondary N) is 2. The molecule has 7 nitrogen and oxygen atoms in total. The van der Waals surface area contributed by atoms with Gasteiger partial charge in [-0.1, -0.05) is 0 Å². The average Bonchev–Trinajstić information content (AvgIpc) is 3.34. The van der Waals surface area contributed by atoms with Crippen molar-refractivity contribution in [2.45, 2.75) is 31.7 Å². The summed E-state index contributed by atoms with van der Waals surface area (Å²) in [6.45, 7) is 1.83. The van der Waals surface area contributed by atoms with E-state index in [9.17, 15) is 4.39 Å². The molecule has 2 fully saturated rings. The quantitative estimate of drug-likeness (QED) is 0.555. The van der Waals surface area contributed by atoms with Crippen LogP contribution in [0, 0.1) is 11.2 Å². The van der Waals surface area contributed by atoms with E-state index in [1.165, 1.54) is 18.9 Å². The van der Waals surface area contributed by atoms with Crippen molar-refractivity contribution in [2.24, 2.45) is 5.41 Å². The molecule has 0 unspecified atom stereocenters. The van der Waals surface area contributed by atoms with Crippen molar-refractivity contribution in [3.8, 4) is 11.1 Å². The minimum Gasteiger partial charge on any atom is -0.380 e. The number of aromatic nitrogens is 5. The first-order valence-corrected chi connectivity index (χ1v) is 10.0. The number of ether oxygens (including phenoxy) is 1. The first-order chi connectivity index (χ1) is 14.2. The summed E-state index contributed by atoms with van der Waals surface area (Å²) in [7, 11) is 0. The van der Waals surface area contributed by atoms with Crippen LogP contribution < -0.4 is 5.32 Å². The third-order valence-corrected chi connectivity index (χ3v) is 6.38. The number of fused-ring (bicyclic) bond motifs is 2. The second-order valence-electron chi connectivity index (χ2n) is 8.30. The minimum atomic E-state index is -0.354. The Morgan fingerprint density at radius 2 is 2.10 bits per heavy atom. The summed E-state index contributed by atoms with van der Waals surface area (Å²) in [6, 6.07) is 1.89. The van der Waals surface area contributed by atoms with Crippen molar-refractivity contribution in [3.05, 3.63) is 42.9 Å². The molecule has 6 rings (SSSR count). The van der Waals surface area contributed by atoms with Gasteiger partial charge >= 0.3 is 0 Å². The van der Waals surface area contributed by atoms with Crippen molar-refractivity contribution in [1.82, 2.24) is 24.3 Å². The zero-order valence-corrected chi connectivity index (χ0v) is 15.9. The van der Waals surface area contributed by atoms with E-state index in [0.717, 1.165) is 48.2 Å². The second-order valence-corrected chi connectivity index (χ2v) is 8.30. The minimum absolute atomic E-state index is 0.319. The van der Waals surface area contributed by atoms with Gasteiger partial charge in [0.25, 0.3) is 0 Å². The summed E-state index contributed by atoms with van der Waals surface area (Å²) in [5.74, 6) is 0.279. The fourth-order valence-corrected chi connectivity index (χ4v) is 4.59. The Balaban J connectivity index is 1.26. The molecule has 29 heavy (non-hydrogen) atoms. The zero-order chi connectivity index (χ0) is 19.4. The Bertz CT molecular complexity index is 1200. The van der Waals surface area contributed by atoms with E-state index < -0.39 is 0 Å². The van der Waals surface area contributed by atoms with Crippen molar-refractivity contribution in [1.29, 1.82) is 0 Å². The Kier molecular flexibility index (Phi) is 3.64. The van der Waals surface area contributed by atoms with E-state index >= 15 is 0 Å². The highest BCUT2D eigenvalue weighted by molar-refractivity contribution is 5.93. The van der Waals surface area contributed by atoms with E-state index in [0.29, 0.717) is 23.1 Å². The molecule has 5 heterocycles. The molecule has 8 heteroatoms. The summed E-state index contributed by atoms with van der Waals surface area (Å²) in [5.41, 5.74) is 3.11. The van der Waals surface area contributed by atoms with Crippen molar-refractivity contribution >= 4 is 22.6 Å². The Morgan fingerprint density at radius 1 is 1.24 bits per heavy atom. The van der Waals surface area contributed by atoms with Crippen LogP contribution in [0.4, 0.5) is 10.3 Å². The van der Waals surface area contributed by atoms with Gasteiger partial charge in [-0.3, -0.25) is 0 Å². The third-order valence-electron chi connectivity index (χ3n) is 6.38. The lowest BCUT2D eigenvalue weighted by Gasteiger charge is -2.46. The Morgan fingerprint density at radius 3 is 2.90 bits per heavy atom. The van der Waals surface area contributed by atoms with Gasteiger partial charge in [0.15, 0.2) is 11.5 Å². The van der Waals surface area contributed by atoms with Gasteiger partial charge in [0.05, 0.1) is 13.2 Å². The normalized spacial score (nSPS) is 19.1. The molecular formula is C21H21FN6O. The predicted octanol–water partition coefficient (Wildman–Crippen LogP) is 3.78. The van der Waals surface area contributed by atoms with Crippen LogP contribution in [0.5, 0.6) is 0 Å². The van der Waals surface area contributed by atoms with Crippen LogP contribution in [0.2, 0.25) is 0 Å². The molecular weight excluding hydrogens is 371 g/mol. The number of nitrogens with zero attached hydrogens (tertiary/aromatic N) is 4. The van der Waals surface area contributed by atoms with Gasteiger partial charge in [-0.05, 0) is 31.7 Å². The lowest BCUT2D eigenvalue weighted by atomic mass is 9.71. The molecule has 1 aliphatic heterocycles. The number of imidazole rings is 1. The fraction of sp³-hybridized carbons (Fsp3) is 0.381. The fourth-order valence-electron chi connectivity index (χ4n) is 4.59. The van der Waals surface area contributed by atoms with Gasteiger partial charge in [-0.2, -0.15) is 4.98 Å². The van der Waals surface area contributed by atoms with Crippen LogP contribution in [0.1, 0.15) is 25.7 Å². The predicted molar refractivity (Wildman–Crippen MR) is 107 cm³/mol. The molecule has 1 spiro atoms. The maximum atomic E-state index is 14.3. The largest absolute Gasteiger partial charge is 0.380 e. The van der Waals surface area contributed by atoms with Gasteiger partial charge in [-0.25, -0.2) is 14.4 Å². The first-order valence-electron chi connectivity index (χ1n) is 10.0. The Labute approximate surface area is 166 Å². The van der Waals surface area contributed by atoms with Gasteiger partial charge < -0.3 is 19.4 Å². The lowest BCUT2D eigenvalue weighted by Crippen LogP contribution is -2.47. The highest BCUT2D eigenvalue weighted by Crippen LogP contribution is 2.42. The summed E-state index contributed by atoms with van der Waals surface area (Å²) in [5, 5.41) is 4.35. The standard InChI is InChI=1S/C21H21FN6O/c22-17-7-13(10-28-6-5-23-19(17)28)15-8-24-18-16(15)9-25-20(27-18)26-14-1-3-21(4-2-14)11-29-12-21/h5-10,14H,1-4,11-12H2,(H2,24,25,26,27). The number of anilines is 1. The second kappa shape index (κ2) is 6.25. The number of H-pyrrole nitrogens is 1. The molecule has 0 bridgehead atoms. The molecule has 4 aromatic rings. The van der Waals surface area contributed by atoms with Gasteiger partial charge in [-0.15, -0.1) is 0 Å². The number of aromatic amines is 1. The van der Waals surface area contributed by atoms with Crippen molar-refractivity contribution < 1.29 is 9.13 Å². The van der Waals surface area contributed by atoms with E-state index in [4.69, 9.17) is 4.74 Å². The van der Waals surface area contributed by atoms with Crippen LogP contribution in [0.15, 0.2) is 37.1 Å². The van der Waals surface area contributed by atoms with Gasteiger partial charge in [0.2, 0.25) is 5.95 Å². The summed E-state index contributed by atoms with van der Waals surface area (Å²) < 4.78 is 21.4. The molecule has 2 aliphatic rings. The third kappa shape index (κ3) is 2.78. The SMILES string of the molecule is Fc1cc(-c2c[nH]c3nc(NC4CCC5(CC4)COC5)ncc23)cn2ccnc12. The lowest BCUT2D eigenvalue weighted by molar-refractivity contribution is -0.131. The van der Waals surface area contributed by atoms with E-state index in [1.807, 2.05) is 12.4 Å². The van der Waals surface area contributed by atoms with E-state index in [1.54, 1.807) is 23.0 Å². The van der Waals surface area contributed by atoms with E-state index in [-0.39, 0.29) is 5.82 Å². The van der Waals surface area contributed by atoms with Gasteiger partial charge in [0, 0.05) is 59.0 Å². The zero-order valence-electron chi connectivity index (χ0n) is 15.9.